The third-order valence-electron chi connectivity index (χ3n) is 2.35. The van der Waals surface area contributed by atoms with E-state index in [-0.39, 0.29) is 0 Å². The SMILES string of the molecule is C[C@@H](O)c1ccc(Oc2cncc(Cl)c2)c(Cl)c1. The molecule has 0 amide bonds. The average Bonchev–Trinajstić information content (AvgIpc) is 2.31. The maximum atomic E-state index is 9.44. The van der Waals surface area contributed by atoms with Crippen LogP contribution >= 0.6 is 23.2 Å². The van der Waals surface area contributed by atoms with E-state index in [0.717, 1.165) is 5.56 Å². The highest BCUT2D eigenvalue weighted by molar-refractivity contribution is 6.32. The van der Waals surface area contributed by atoms with Crippen molar-refractivity contribution in [3.8, 4) is 11.5 Å². The zero-order valence-corrected chi connectivity index (χ0v) is 11.1. The van der Waals surface area contributed by atoms with Crippen LogP contribution in [0.5, 0.6) is 11.5 Å². The van der Waals surface area contributed by atoms with Crippen molar-refractivity contribution < 1.29 is 9.84 Å². The van der Waals surface area contributed by atoms with Crippen LogP contribution in [0.15, 0.2) is 36.7 Å². The third kappa shape index (κ3) is 3.13. The van der Waals surface area contributed by atoms with Crippen LogP contribution in [-0.2, 0) is 0 Å². The molecule has 0 spiro atoms. The van der Waals surface area contributed by atoms with Gasteiger partial charge in [-0.15, -0.1) is 0 Å². The molecular weight excluding hydrogens is 273 g/mol. The van der Waals surface area contributed by atoms with Crippen LogP contribution in [0.2, 0.25) is 10.0 Å². The normalized spacial score (nSPS) is 12.2. The van der Waals surface area contributed by atoms with E-state index >= 15 is 0 Å². The summed E-state index contributed by atoms with van der Waals surface area (Å²) in [5.41, 5.74) is 0.733. The van der Waals surface area contributed by atoms with Crippen molar-refractivity contribution in [2.24, 2.45) is 0 Å². The van der Waals surface area contributed by atoms with Crippen molar-refractivity contribution in [2.75, 3.05) is 0 Å². The zero-order valence-electron chi connectivity index (χ0n) is 9.60. The van der Waals surface area contributed by atoms with Crippen molar-refractivity contribution in [1.82, 2.24) is 4.98 Å². The summed E-state index contributed by atoms with van der Waals surface area (Å²) in [7, 11) is 0. The second kappa shape index (κ2) is 5.57. The van der Waals surface area contributed by atoms with Gasteiger partial charge in [-0.2, -0.15) is 0 Å². The summed E-state index contributed by atoms with van der Waals surface area (Å²) in [5.74, 6) is 0.999. The molecule has 1 N–H and O–H groups in total. The van der Waals surface area contributed by atoms with Gasteiger partial charge in [-0.05, 0) is 24.6 Å². The molecule has 5 heteroatoms. The molecule has 1 atom stereocenters. The molecule has 3 nitrogen and oxygen atoms in total. The number of aliphatic hydroxyl groups excluding tert-OH is 1. The molecular formula is C13H11Cl2NO2. The molecule has 0 aliphatic rings. The van der Waals surface area contributed by atoms with Gasteiger partial charge in [0.05, 0.1) is 22.3 Å². The van der Waals surface area contributed by atoms with Crippen molar-refractivity contribution in [2.45, 2.75) is 13.0 Å². The first-order valence-electron chi connectivity index (χ1n) is 5.32. The number of halogens is 2. The van der Waals surface area contributed by atoms with Gasteiger partial charge in [-0.25, -0.2) is 0 Å². The number of aromatic nitrogens is 1. The highest BCUT2D eigenvalue weighted by Gasteiger charge is 2.08. The van der Waals surface area contributed by atoms with Gasteiger partial charge in [0, 0.05) is 12.3 Å². The minimum absolute atomic E-state index is 0.424. The monoisotopic (exact) mass is 283 g/mol. The van der Waals surface area contributed by atoms with Crippen molar-refractivity contribution in [3.05, 3.63) is 52.3 Å². The van der Waals surface area contributed by atoms with Gasteiger partial charge < -0.3 is 9.84 Å². The number of aliphatic hydroxyl groups is 1. The van der Waals surface area contributed by atoms with Crippen molar-refractivity contribution in [3.63, 3.8) is 0 Å². The quantitative estimate of drug-likeness (QED) is 0.916. The van der Waals surface area contributed by atoms with Gasteiger partial charge in [-0.3, -0.25) is 4.98 Å². The molecule has 1 heterocycles. The first kappa shape index (κ1) is 13.1. The standard InChI is InChI=1S/C13H11Cl2NO2/c1-8(17)9-2-3-13(12(15)4-9)18-11-5-10(14)6-16-7-11/h2-8,17H,1H3/t8-/m1/s1. The topological polar surface area (TPSA) is 42.4 Å². The van der Waals surface area contributed by atoms with Gasteiger partial charge in [-0.1, -0.05) is 29.3 Å². The lowest BCUT2D eigenvalue weighted by Crippen LogP contribution is -1.92. The maximum Gasteiger partial charge on any atom is 0.147 e. The molecule has 0 unspecified atom stereocenters. The first-order chi connectivity index (χ1) is 8.56. The molecule has 0 bridgehead atoms. The summed E-state index contributed by atoms with van der Waals surface area (Å²) in [4.78, 5) is 3.92. The van der Waals surface area contributed by atoms with E-state index in [2.05, 4.69) is 4.98 Å². The van der Waals surface area contributed by atoms with Crippen molar-refractivity contribution in [1.29, 1.82) is 0 Å². The average molecular weight is 284 g/mol. The van der Waals surface area contributed by atoms with Crippen LogP contribution in [-0.4, -0.2) is 10.1 Å². The summed E-state index contributed by atoms with van der Waals surface area (Å²) in [6.45, 7) is 1.67. The van der Waals surface area contributed by atoms with Crippen LogP contribution in [0.3, 0.4) is 0 Å². The molecule has 0 fully saturated rings. The van der Waals surface area contributed by atoms with Gasteiger partial charge >= 0.3 is 0 Å². The highest BCUT2D eigenvalue weighted by Crippen LogP contribution is 2.32. The number of ether oxygens (including phenoxy) is 1. The Morgan fingerprint density at radius 1 is 1.22 bits per heavy atom. The van der Waals surface area contributed by atoms with Gasteiger partial charge in [0.25, 0.3) is 0 Å². The minimum atomic E-state index is -0.565. The minimum Gasteiger partial charge on any atom is -0.454 e. The summed E-state index contributed by atoms with van der Waals surface area (Å²) in [6, 6.07) is 6.77. The number of hydrogen-bond acceptors (Lipinski definition) is 3. The molecule has 0 radical (unpaired) electrons. The molecule has 2 rings (SSSR count). The number of benzene rings is 1. The predicted octanol–water partition coefficient (Wildman–Crippen LogP) is 4.23. The molecule has 18 heavy (non-hydrogen) atoms. The number of nitrogens with zero attached hydrogens (tertiary/aromatic N) is 1. The van der Waals surface area contributed by atoms with Gasteiger partial charge in [0.2, 0.25) is 0 Å². The Balaban J connectivity index is 2.24. The summed E-state index contributed by atoms with van der Waals surface area (Å²) < 4.78 is 5.56. The Kier molecular flexibility index (Phi) is 4.07. The van der Waals surface area contributed by atoms with Crippen LogP contribution in [0, 0.1) is 0 Å². The van der Waals surface area contributed by atoms with Gasteiger partial charge in [0.1, 0.15) is 11.5 Å². The number of pyridine rings is 1. The second-order valence-corrected chi connectivity index (χ2v) is 4.65. The summed E-state index contributed by atoms with van der Waals surface area (Å²) >= 11 is 11.9. The Morgan fingerprint density at radius 2 is 2.00 bits per heavy atom. The van der Waals surface area contributed by atoms with E-state index in [0.29, 0.717) is 21.5 Å². The third-order valence-corrected chi connectivity index (χ3v) is 2.85. The molecule has 2 aromatic rings. The van der Waals surface area contributed by atoms with E-state index in [1.165, 1.54) is 6.20 Å². The molecule has 0 aliphatic carbocycles. The molecule has 0 saturated carbocycles. The largest absolute Gasteiger partial charge is 0.454 e. The molecule has 0 aliphatic heterocycles. The Labute approximate surface area is 115 Å². The first-order valence-corrected chi connectivity index (χ1v) is 6.08. The van der Waals surface area contributed by atoms with E-state index < -0.39 is 6.10 Å². The molecule has 1 aromatic heterocycles. The fourth-order valence-corrected chi connectivity index (χ4v) is 1.83. The zero-order chi connectivity index (χ0) is 13.1. The van der Waals surface area contributed by atoms with E-state index in [4.69, 9.17) is 27.9 Å². The lowest BCUT2D eigenvalue weighted by atomic mass is 10.1. The fourth-order valence-electron chi connectivity index (χ4n) is 1.43. The lowest BCUT2D eigenvalue weighted by molar-refractivity contribution is 0.199. The molecule has 94 valence electrons. The second-order valence-electron chi connectivity index (χ2n) is 3.81. The fraction of sp³-hybridized carbons (Fsp3) is 0.154. The highest BCUT2D eigenvalue weighted by atomic mass is 35.5. The van der Waals surface area contributed by atoms with E-state index in [1.807, 2.05) is 0 Å². The van der Waals surface area contributed by atoms with Crippen molar-refractivity contribution >= 4 is 23.2 Å². The summed E-state index contributed by atoms with van der Waals surface area (Å²) in [5, 5.41) is 10.4. The van der Waals surface area contributed by atoms with Gasteiger partial charge in [0.15, 0.2) is 0 Å². The van der Waals surface area contributed by atoms with E-state index in [1.54, 1.807) is 37.4 Å². The van der Waals surface area contributed by atoms with Crippen LogP contribution in [0.4, 0.5) is 0 Å². The Bertz CT molecular complexity index is 558. The van der Waals surface area contributed by atoms with Crippen LogP contribution < -0.4 is 4.74 Å². The smallest absolute Gasteiger partial charge is 0.147 e. The Morgan fingerprint density at radius 3 is 2.61 bits per heavy atom. The molecule has 0 saturated heterocycles. The lowest BCUT2D eigenvalue weighted by Gasteiger charge is -2.10. The van der Waals surface area contributed by atoms with E-state index in [9.17, 15) is 5.11 Å². The van der Waals surface area contributed by atoms with Crippen LogP contribution in [0.25, 0.3) is 0 Å². The number of hydrogen-bond donors (Lipinski definition) is 1. The molecule has 1 aromatic carbocycles. The van der Waals surface area contributed by atoms with Crippen LogP contribution in [0.1, 0.15) is 18.6 Å². The predicted molar refractivity (Wildman–Crippen MR) is 71.4 cm³/mol. The summed E-state index contributed by atoms with van der Waals surface area (Å²) in [6.07, 6.45) is 2.50. The Hall–Kier alpha value is -1.29. The maximum absolute atomic E-state index is 9.44. The number of rotatable bonds is 3.